The lowest BCUT2D eigenvalue weighted by Crippen LogP contribution is -2.32. The summed E-state index contributed by atoms with van der Waals surface area (Å²) in [7, 11) is 0. The molecule has 0 aliphatic rings. The van der Waals surface area contributed by atoms with Gasteiger partial charge in [0.2, 0.25) is 0 Å². The average molecular weight is 225 g/mol. The van der Waals surface area contributed by atoms with Gasteiger partial charge in [0.25, 0.3) is 0 Å². The van der Waals surface area contributed by atoms with Crippen molar-refractivity contribution in [3.05, 3.63) is 23.8 Å². The Bertz CT molecular complexity index is 378. The molecule has 0 bridgehead atoms. The molecule has 1 rings (SSSR count). The summed E-state index contributed by atoms with van der Waals surface area (Å²) >= 11 is 0. The lowest BCUT2D eigenvalue weighted by atomic mass is 10.0. The first kappa shape index (κ1) is 12.3. The third-order valence-corrected chi connectivity index (χ3v) is 2.15. The second-order valence-electron chi connectivity index (χ2n) is 3.34. The Labute approximate surface area is 93.5 Å². The number of carboxylic acid groups (broad SMARTS) is 1. The molecule has 1 unspecified atom stereocenters. The summed E-state index contributed by atoms with van der Waals surface area (Å²) in [6, 6.07) is 3.74. The second kappa shape index (κ2) is 5.37. The predicted molar refractivity (Wildman–Crippen MR) is 58.6 cm³/mol. The number of nitrogens with two attached hydrogens (primary N) is 1. The van der Waals surface area contributed by atoms with Gasteiger partial charge in [-0.1, -0.05) is 6.07 Å². The van der Waals surface area contributed by atoms with Gasteiger partial charge < -0.3 is 20.7 Å². The highest BCUT2D eigenvalue weighted by Gasteiger charge is 2.17. The molecule has 1 atom stereocenters. The van der Waals surface area contributed by atoms with Crippen LogP contribution >= 0.6 is 0 Å². The molecule has 0 radical (unpaired) electrons. The van der Waals surface area contributed by atoms with E-state index in [4.69, 9.17) is 15.6 Å². The highest BCUT2D eigenvalue weighted by Crippen LogP contribution is 2.28. The van der Waals surface area contributed by atoms with Crippen LogP contribution < -0.4 is 10.5 Å². The van der Waals surface area contributed by atoms with Gasteiger partial charge in [-0.2, -0.15) is 0 Å². The van der Waals surface area contributed by atoms with E-state index >= 15 is 0 Å². The van der Waals surface area contributed by atoms with Gasteiger partial charge in [-0.3, -0.25) is 4.79 Å². The Balaban J connectivity index is 2.96. The van der Waals surface area contributed by atoms with E-state index in [1.165, 1.54) is 6.07 Å². The monoisotopic (exact) mass is 225 g/mol. The number of carboxylic acids is 1. The number of hydrogen-bond acceptors (Lipinski definition) is 4. The Morgan fingerprint density at radius 2 is 2.25 bits per heavy atom. The van der Waals surface area contributed by atoms with Crippen LogP contribution in [0, 0.1) is 0 Å². The Kier molecular flexibility index (Phi) is 4.13. The van der Waals surface area contributed by atoms with Crippen LogP contribution in [-0.2, 0) is 11.2 Å². The summed E-state index contributed by atoms with van der Waals surface area (Å²) in [4.78, 5) is 10.6. The first-order chi connectivity index (χ1) is 7.56. The summed E-state index contributed by atoms with van der Waals surface area (Å²) in [5.74, 6) is -0.632. The van der Waals surface area contributed by atoms with E-state index < -0.39 is 12.0 Å². The Morgan fingerprint density at radius 3 is 2.81 bits per heavy atom. The van der Waals surface area contributed by atoms with Gasteiger partial charge >= 0.3 is 5.97 Å². The molecule has 1 aromatic carbocycles. The number of carbonyl (C=O) groups is 1. The number of rotatable bonds is 5. The number of aliphatic carboxylic acids is 1. The minimum absolute atomic E-state index is 0.00245. The number of ether oxygens (including phenoxy) is 1. The quantitative estimate of drug-likeness (QED) is 0.687. The van der Waals surface area contributed by atoms with E-state index in [0.717, 1.165) is 0 Å². The van der Waals surface area contributed by atoms with E-state index in [-0.39, 0.29) is 12.2 Å². The number of phenols is 1. The fourth-order valence-corrected chi connectivity index (χ4v) is 1.36. The molecule has 5 heteroatoms. The van der Waals surface area contributed by atoms with Crippen LogP contribution in [0.25, 0.3) is 0 Å². The fourth-order valence-electron chi connectivity index (χ4n) is 1.36. The summed E-state index contributed by atoms with van der Waals surface area (Å²) in [5, 5.41) is 18.3. The molecule has 0 aliphatic carbocycles. The molecule has 0 aliphatic heterocycles. The van der Waals surface area contributed by atoms with Crippen LogP contribution in [0.5, 0.6) is 11.5 Å². The summed E-state index contributed by atoms with van der Waals surface area (Å²) in [5.41, 5.74) is 5.85. The molecule has 0 amide bonds. The molecular formula is C11H15NO4. The fraction of sp³-hybridized carbons (Fsp3) is 0.364. The van der Waals surface area contributed by atoms with Crippen molar-refractivity contribution in [3.63, 3.8) is 0 Å². The molecule has 0 saturated heterocycles. The Hall–Kier alpha value is -1.75. The Morgan fingerprint density at radius 1 is 1.56 bits per heavy atom. The van der Waals surface area contributed by atoms with Gasteiger partial charge in [-0.25, -0.2) is 0 Å². The largest absolute Gasteiger partial charge is 0.508 e. The second-order valence-corrected chi connectivity index (χ2v) is 3.34. The molecule has 0 saturated carbocycles. The average Bonchev–Trinajstić information content (AvgIpc) is 2.23. The molecule has 0 aromatic heterocycles. The third-order valence-electron chi connectivity index (χ3n) is 2.15. The standard InChI is InChI=1S/C11H15NO4/c1-2-16-10-5-3-4-9(13)7(10)6-8(12)11(14)15/h3-5,8,13H,2,6,12H2,1H3,(H,14,15). The van der Waals surface area contributed by atoms with Crippen molar-refractivity contribution < 1.29 is 19.7 Å². The van der Waals surface area contributed by atoms with Crippen molar-refractivity contribution in [1.82, 2.24) is 0 Å². The zero-order valence-electron chi connectivity index (χ0n) is 9.01. The first-order valence-corrected chi connectivity index (χ1v) is 4.98. The first-order valence-electron chi connectivity index (χ1n) is 4.98. The summed E-state index contributed by atoms with van der Waals surface area (Å²) < 4.78 is 5.29. The third kappa shape index (κ3) is 2.87. The van der Waals surface area contributed by atoms with Gasteiger partial charge in [0.15, 0.2) is 0 Å². The van der Waals surface area contributed by atoms with Gasteiger partial charge in [-0.15, -0.1) is 0 Å². The van der Waals surface area contributed by atoms with E-state index in [2.05, 4.69) is 0 Å². The predicted octanol–water partition coefficient (Wildman–Crippen LogP) is 0.745. The zero-order valence-corrected chi connectivity index (χ0v) is 9.01. The van der Waals surface area contributed by atoms with E-state index in [0.29, 0.717) is 17.9 Å². The SMILES string of the molecule is CCOc1cccc(O)c1CC(N)C(=O)O. The van der Waals surface area contributed by atoms with Crippen LogP contribution in [0.1, 0.15) is 12.5 Å². The topological polar surface area (TPSA) is 92.8 Å². The number of aromatic hydroxyl groups is 1. The highest BCUT2D eigenvalue weighted by atomic mass is 16.5. The van der Waals surface area contributed by atoms with E-state index in [1.807, 2.05) is 6.92 Å². The summed E-state index contributed by atoms with van der Waals surface area (Å²) in [6.07, 6.45) is 0.0390. The van der Waals surface area contributed by atoms with Crippen molar-refractivity contribution in [2.45, 2.75) is 19.4 Å². The summed E-state index contributed by atoms with van der Waals surface area (Å²) in [6.45, 7) is 2.25. The lowest BCUT2D eigenvalue weighted by Gasteiger charge is -2.13. The maximum Gasteiger partial charge on any atom is 0.320 e. The normalized spacial score (nSPS) is 12.1. The van der Waals surface area contributed by atoms with Gasteiger partial charge in [-0.05, 0) is 19.1 Å². The van der Waals surface area contributed by atoms with Gasteiger partial charge in [0.1, 0.15) is 17.5 Å². The molecule has 16 heavy (non-hydrogen) atoms. The maximum absolute atomic E-state index is 10.6. The smallest absolute Gasteiger partial charge is 0.320 e. The molecule has 0 heterocycles. The van der Waals surface area contributed by atoms with Crippen LogP contribution in [0.15, 0.2) is 18.2 Å². The zero-order chi connectivity index (χ0) is 12.1. The van der Waals surface area contributed by atoms with Crippen molar-refractivity contribution in [2.75, 3.05) is 6.61 Å². The molecular weight excluding hydrogens is 210 g/mol. The highest BCUT2D eigenvalue weighted by molar-refractivity contribution is 5.74. The van der Waals surface area contributed by atoms with Crippen LogP contribution in [-0.4, -0.2) is 28.8 Å². The molecule has 88 valence electrons. The molecule has 0 fully saturated rings. The minimum atomic E-state index is -1.11. The number of benzene rings is 1. The van der Waals surface area contributed by atoms with E-state index in [1.54, 1.807) is 12.1 Å². The van der Waals surface area contributed by atoms with Crippen LogP contribution in [0.3, 0.4) is 0 Å². The van der Waals surface area contributed by atoms with Crippen LogP contribution in [0.2, 0.25) is 0 Å². The number of phenolic OH excluding ortho intramolecular Hbond substituents is 1. The van der Waals surface area contributed by atoms with Crippen molar-refractivity contribution in [1.29, 1.82) is 0 Å². The molecule has 4 N–H and O–H groups in total. The van der Waals surface area contributed by atoms with Gasteiger partial charge in [0, 0.05) is 12.0 Å². The molecule has 0 spiro atoms. The molecule has 1 aromatic rings. The van der Waals surface area contributed by atoms with Crippen molar-refractivity contribution in [3.8, 4) is 11.5 Å². The van der Waals surface area contributed by atoms with Crippen LogP contribution in [0.4, 0.5) is 0 Å². The minimum Gasteiger partial charge on any atom is -0.508 e. The number of hydrogen-bond donors (Lipinski definition) is 3. The van der Waals surface area contributed by atoms with Crippen molar-refractivity contribution >= 4 is 5.97 Å². The lowest BCUT2D eigenvalue weighted by molar-refractivity contribution is -0.138. The van der Waals surface area contributed by atoms with Crippen molar-refractivity contribution in [2.24, 2.45) is 5.73 Å². The molecule has 5 nitrogen and oxygen atoms in total. The maximum atomic E-state index is 10.6. The van der Waals surface area contributed by atoms with Gasteiger partial charge in [0.05, 0.1) is 6.61 Å². The van der Waals surface area contributed by atoms with E-state index in [9.17, 15) is 9.90 Å².